The van der Waals surface area contributed by atoms with Crippen LogP contribution < -0.4 is 15.2 Å². The third kappa shape index (κ3) is 2.12. The quantitative estimate of drug-likeness (QED) is 0.883. The van der Waals surface area contributed by atoms with Crippen molar-refractivity contribution < 1.29 is 14.3 Å². The van der Waals surface area contributed by atoms with Gasteiger partial charge in [0.05, 0.1) is 5.56 Å². The van der Waals surface area contributed by atoms with Crippen LogP contribution in [0.1, 0.15) is 23.7 Å². The summed E-state index contributed by atoms with van der Waals surface area (Å²) >= 11 is 0. The third-order valence-corrected chi connectivity index (χ3v) is 4.18. The highest BCUT2D eigenvalue weighted by Gasteiger charge is 2.35. The Labute approximate surface area is 118 Å². The summed E-state index contributed by atoms with van der Waals surface area (Å²) in [5, 5.41) is 0. The Balaban J connectivity index is 1.91. The number of carbonyl (C=O) groups is 1. The topological polar surface area (TPSA) is 64.8 Å². The van der Waals surface area contributed by atoms with Gasteiger partial charge in [0, 0.05) is 19.1 Å². The monoisotopic (exact) mass is 276 g/mol. The van der Waals surface area contributed by atoms with Gasteiger partial charge in [0.25, 0.3) is 5.91 Å². The van der Waals surface area contributed by atoms with Gasteiger partial charge in [-0.05, 0) is 24.5 Å². The van der Waals surface area contributed by atoms with Crippen molar-refractivity contribution in [1.82, 2.24) is 4.90 Å². The molecule has 5 heteroatoms. The summed E-state index contributed by atoms with van der Waals surface area (Å²) < 4.78 is 11.2. The number of nitrogens with two attached hydrogens (primary N) is 1. The van der Waals surface area contributed by atoms with E-state index >= 15 is 0 Å². The molecule has 3 rings (SSSR count). The normalized spacial score (nSPS) is 24.8. The highest BCUT2D eigenvalue weighted by Crippen LogP contribution is 2.35. The minimum Gasteiger partial charge on any atom is -0.486 e. The lowest BCUT2D eigenvalue weighted by atomic mass is 10.0. The van der Waals surface area contributed by atoms with E-state index in [0.29, 0.717) is 42.7 Å². The lowest BCUT2D eigenvalue weighted by Crippen LogP contribution is -2.42. The predicted octanol–water partition coefficient (Wildman–Crippen LogP) is 1.27. The van der Waals surface area contributed by atoms with Crippen molar-refractivity contribution in [3.05, 3.63) is 23.8 Å². The zero-order valence-corrected chi connectivity index (χ0v) is 11.7. The molecule has 0 saturated carbocycles. The van der Waals surface area contributed by atoms with E-state index in [1.165, 1.54) is 0 Å². The van der Waals surface area contributed by atoms with E-state index in [9.17, 15) is 4.79 Å². The smallest absolute Gasteiger partial charge is 0.258 e. The molecule has 1 fully saturated rings. The molecule has 1 aromatic carbocycles. The molecule has 2 unspecified atom stereocenters. The number of ether oxygens (including phenoxy) is 2. The minimum absolute atomic E-state index is 0.00727. The fourth-order valence-corrected chi connectivity index (χ4v) is 3.02. The molecule has 0 aromatic heterocycles. The molecular weight excluding hydrogens is 256 g/mol. The van der Waals surface area contributed by atoms with E-state index in [1.807, 2.05) is 17.0 Å². The minimum atomic E-state index is -0.00727. The van der Waals surface area contributed by atoms with Crippen LogP contribution in [0.15, 0.2) is 18.2 Å². The molecule has 2 heterocycles. The van der Waals surface area contributed by atoms with Gasteiger partial charge in [-0.1, -0.05) is 13.0 Å². The lowest BCUT2D eigenvalue weighted by molar-refractivity contribution is 0.0717. The third-order valence-electron chi connectivity index (χ3n) is 4.18. The van der Waals surface area contributed by atoms with E-state index in [-0.39, 0.29) is 11.9 Å². The molecule has 2 aliphatic heterocycles. The van der Waals surface area contributed by atoms with Crippen LogP contribution in [0.3, 0.4) is 0 Å². The van der Waals surface area contributed by atoms with Crippen molar-refractivity contribution in [2.24, 2.45) is 11.7 Å². The Morgan fingerprint density at radius 3 is 3.00 bits per heavy atom. The number of hydrogen-bond acceptors (Lipinski definition) is 4. The molecule has 0 bridgehead atoms. The van der Waals surface area contributed by atoms with E-state index < -0.39 is 0 Å². The largest absolute Gasteiger partial charge is 0.486 e. The number of para-hydroxylation sites is 1. The first-order valence-electron chi connectivity index (χ1n) is 7.12. The van der Waals surface area contributed by atoms with Crippen molar-refractivity contribution in [2.75, 3.05) is 26.3 Å². The number of hydrogen-bond donors (Lipinski definition) is 1. The van der Waals surface area contributed by atoms with Gasteiger partial charge < -0.3 is 20.1 Å². The molecular formula is C15H20N2O3. The molecule has 1 saturated heterocycles. The summed E-state index contributed by atoms with van der Waals surface area (Å²) in [5.41, 5.74) is 6.40. The molecule has 0 spiro atoms. The molecule has 108 valence electrons. The average Bonchev–Trinajstić information content (AvgIpc) is 2.86. The predicted molar refractivity (Wildman–Crippen MR) is 75.1 cm³/mol. The van der Waals surface area contributed by atoms with Crippen molar-refractivity contribution in [3.63, 3.8) is 0 Å². The van der Waals surface area contributed by atoms with Gasteiger partial charge in [-0.15, -0.1) is 0 Å². The maximum absolute atomic E-state index is 12.8. The van der Waals surface area contributed by atoms with Gasteiger partial charge in [0.1, 0.15) is 13.2 Å². The first kappa shape index (κ1) is 13.2. The van der Waals surface area contributed by atoms with E-state index in [0.717, 1.165) is 13.0 Å². The van der Waals surface area contributed by atoms with Gasteiger partial charge >= 0.3 is 0 Å². The first-order chi connectivity index (χ1) is 9.72. The molecule has 1 amide bonds. The van der Waals surface area contributed by atoms with Crippen molar-refractivity contribution in [2.45, 2.75) is 19.4 Å². The van der Waals surface area contributed by atoms with Crippen LogP contribution in [-0.2, 0) is 0 Å². The van der Waals surface area contributed by atoms with Crippen LogP contribution in [0.4, 0.5) is 0 Å². The zero-order valence-electron chi connectivity index (χ0n) is 11.7. The second-order valence-electron chi connectivity index (χ2n) is 5.40. The molecule has 5 nitrogen and oxygen atoms in total. The molecule has 2 atom stereocenters. The maximum Gasteiger partial charge on any atom is 0.258 e. The van der Waals surface area contributed by atoms with Crippen LogP contribution in [-0.4, -0.2) is 43.2 Å². The van der Waals surface area contributed by atoms with Crippen LogP contribution in [0.25, 0.3) is 0 Å². The number of likely N-dealkylation sites (tertiary alicyclic amines) is 1. The Morgan fingerprint density at radius 1 is 1.40 bits per heavy atom. The summed E-state index contributed by atoms with van der Waals surface area (Å²) in [4.78, 5) is 14.6. The Bertz CT molecular complexity index is 518. The SMILES string of the molecule is CC1CCN(C(=O)c2cccc3c2OCCO3)C1CN. The van der Waals surface area contributed by atoms with Crippen LogP contribution in [0, 0.1) is 5.92 Å². The number of fused-ring (bicyclic) bond motifs is 1. The van der Waals surface area contributed by atoms with Crippen LogP contribution in [0.2, 0.25) is 0 Å². The Hall–Kier alpha value is -1.75. The molecule has 0 radical (unpaired) electrons. The zero-order chi connectivity index (χ0) is 14.1. The van der Waals surface area contributed by atoms with Gasteiger partial charge in [0.2, 0.25) is 0 Å². The number of amides is 1. The molecule has 2 aliphatic rings. The summed E-state index contributed by atoms with van der Waals surface area (Å²) in [6.45, 7) is 4.40. The summed E-state index contributed by atoms with van der Waals surface area (Å²) in [6.07, 6.45) is 1.000. The highest BCUT2D eigenvalue weighted by atomic mass is 16.6. The van der Waals surface area contributed by atoms with Crippen molar-refractivity contribution >= 4 is 5.91 Å². The average molecular weight is 276 g/mol. The molecule has 20 heavy (non-hydrogen) atoms. The number of benzene rings is 1. The fraction of sp³-hybridized carbons (Fsp3) is 0.533. The van der Waals surface area contributed by atoms with Crippen LogP contribution >= 0.6 is 0 Å². The van der Waals surface area contributed by atoms with Gasteiger partial charge in [-0.2, -0.15) is 0 Å². The Kier molecular flexibility index (Phi) is 3.53. The van der Waals surface area contributed by atoms with Gasteiger partial charge in [-0.3, -0.25) is 4.79 Å². The Morgan fingerprint density at radius 2 is 2.20 bits per heavy atom. The number of nitrogens with zero attached hydrogens (tertiary/aromatic N) is 1. The summed E-state index contributed by atoms with van der Waals surface area (Å²) in [5.74, 6) is 1.66. The number of carbonyl (C=O) groups excluding carboxylic acids is 1. The molecule has 2 N–H and O–H groups in total. The lowest BCUT2D eigenvalue weighted by Gasteiger charge is -2.27. The second-order valence-corrected chi connectivity index (χ2v) is 5.40. The van der Waals surface area contributed by atoms with Crippen molar-refractivity contribution in [3.8, 4) is 11.5 Å². The number of rotatable bonds is 2. The standard InChI is InChI=1S/C15H20N2O3/c1-10-5-6-17(12(10)9-16)15(18)11-3-2-4-13-14(11)20-8-7-19-13/h2-4,10,12H,5-9,16H2,1H3. The van der Waals surface area contributed by atoms with Crippen molar-refractivity contribution in [1.29, 1.82) is 0 Å². The maximum atomic E-state index is 12.8. The molecule has 0 aliphatic carbocycles. The second kappa shape index (κ2) is 5.32. The van der Waals surface area contributed by atoms with E-state index in [2.05, 4.69) is 6.92 Å². The van der Waals surface area contributed by atoms with E-state index in [4.69, 9.17) is 15.2 Å². The van der Waals surface area contributed by atoms with Gasteiger partial charge in [0.15, 0.2) is 11.5 Å². The highest BCUT2D eigenvalue weighted by molar-refractivity contribution is 5.98. The fourth-order valence-electron chi connectivity index (χ4n) is 3.02. The summed E-state index contributed by atoms with van der Waals surface area (Å²) in [6, 6.07) is 5.57. The molecule has 1 aromatic rings. The van der Waals surface area contributed by atoms with Crippen LogP contribution in [0.5, 0.6) is 11.5 Å². The summed E-state index contributed by atoms with van der Waals surface area (Å²) in [7, 11) is 0. The van der Waals surface area contributed by atoms with Gasteiger partial charge in [-0.25, -0.2) is 0 Å². The van der Waals surface area contributed by atoms with E-state index in [1.54, 1.807) is 6.07 Å². The first-order valence-corrected chi connectivity index (χ1v) is 7.12.